The topological polar surface area (TPSA) is 111 Å². The first kappa shape index (κ1) is 18.6. The van der Waals surface area contributed by atoms with Gasteiger partial charge in [-0.2, -0.15) is 5.26 Å². The second-order valence-corrected chi connectivity index (χ2v) is 8.81. The number of thioether (sulfide) groups is 2. The van der Waals surface area contributed by atoms with Crippen molar-refractivity contribution in [2.24, 2.45) is 0 Å². The highest BCUT2D eigenvalue weighted by atomic mass is 32.2. The molecule has 1 aromatic carbocycles. The van der Waals surface area contributed by atoms with Crippen molar-refractivity contribution in [1.29, 1.82) is 5.26 Å². The van der Waals surface area contributed by atoms with E-state index >= 15 is 0 Å². The van der Waals surface area contributed by atoms with Gasteiger partial charge in [-0.25, -0.2) is 4.79 Å². The largest absolute Gasteiger partial charge is 0.480 e. The maximum atomic E-state index is 12.5. The smallest absolute Gasteiger partial charge is 0.327 e. The number of nitriles is 1. The van der Waals surface area contributed by atoms with E-state index in [1.807, 2.05) is 35.7 Å². The van der Waals surface area contributed by atoms with Crippen molar-refractivity contribution < 1.29 is 19.5 Å². The monoisotopic (exact) mass is 391 g/mol. The highest BCUT2D eigenvalue weighted by Gasteiger charge is 2.65. The van der Waals surface area contributed by atoms with Gasteiger partial charge in [0.15, 0.2) is 0 Å². The van der Waals surface area contributed by atoms with Crippen LogP contribution in [0.25, 0.3) is 0 Å². The number of hydrogen-bond donors (Lipinski definition) is 2. The maximum Gasteiger partial charge on any atom is 0.327 e. The number of thiocyanates is 1. The van der Waals surface area contributed by atoms with Crippen molar-refractivity contribution >= 4 is 41.3 Å². The average molecular weight is 391 g/mol. The molecule has 0 saturated carbocycles. The lowest BCUT2D eigenvalue weighted by molar-refractivity contribution is -0.161. The summed E-state index contributed by atoms with van der Waals surface area (Å²) in [5.41, 5.74) is 0.839. The number of carbonyl (C=O) groups is 3. The Balaban J connectivity index is 1.70. The van der Waals surface area contributed by atoms with E-state index in [4.69, 9.17) is 5.26 Å². The van der Waals surface area contributed by atoms with Gasteiger partial charge < -0.3 is 15.3 Å². The normalized spacial score (nSPS) is 29.5. The Kier molecular flexibility index (Phi) is 5.16. The first-order chi connectivity index (χ1) is 12.4. The number of carbonyl (C=O) groups excluding carboxylic acids is 2. The van der Waals surface area contributed by atoms with Crippen molar-refractivity contribution in [3.8, 4) is 5.40 Å². The molecule has 0 radical (unpaired) electrons. The van der Waals surface area contributed by atoms with Crippen LogP contribution in [-0.4, -0.2) is 55.7 Å². The fraction of sp³-hybridized carbons (Fsp3) is 0.412. The van der Waals surface area contributed by atoms with Crippen molar-refractivity contribution in [3.05, 3.63) is 35.9 Å². The minimum Gasteiger partial charge on any atom is -0.480 e. The van der Waals surface area contributed by atoms with E-state index in [-0.39, 0.29) is 24.0 Å². The van der Waals surface area contributed by atoms with E-state index in [2.05, 4.69) is 5.32 Å². The lowest BCUT2D eigenvalue weighted by atomic mass is 9.95. The van der Waals surface area contributed by atoms with Gasteiger partial charge in [0.2, 0.25) is 11.8 Å². The molecule has 2 heterocycles. The molecule has 136 valence electrons. The summed E-state index contributed by atoms with van der Waals surface area (Å²) in [7, 11) is 0. The number of amides is 2. The summed E-state index contributed by atoms with van der Waals surface area (Å²) in [5, 5.41) is 22.6. The fourth-order valence-electron chi connectivity index (χ4n) is 3.33. The molecule has 2 amide bonds. The zero-order valence-electron chi connectivity index (χ0n) is 13.9. The van der Waals surface area contributed by atoms with Gasteiger partial charge in [-0.3, -0.25) is 9.59 Å². The molecule has 2 aliphatic heterocycles. The Bertz CT molecular complexity index is 782. The highest BCUT2D eigenvalue weighted by Crippen LogP contribution is 2.52. The first-order valence-corrected chi connectivity index (χ1v) is 9.81. The predicted molar refractivity (Wildman–Crippen MR) is 98.2 cm³/mol. The van der Waals surface area contributed by atoms with E-state index in [0.29, 0.717) is 0 Å². The molecule has 0 bridgehead atoms. The number of nitrogens with one attached hydrogen (secondary N) is 1. The first-order valence-electron chi connectivity index (χ1n) is 7.94. The molecule has 3 rings (SSSR count). The Morgan fingerprint density at radius 3 is 2.73 bits per heavy atom. The summed E-state index contributed by atoms with van der Waals surface area (Å²) in [6, 6.07) is 7.45. The SMILES string of the molecule is C[C@]1(CSC#N)S[C@@H]2[C@H](NC(=O)Cc3ccccc3)C(=O)N2[C@H]1C(=O)O. The number of carboxylic acid groups (broad SMARTS) is 1. The summed E-state index contributed by atoms with van der Waals surface area (Å²) < 4.78 is -0.786. The van der Waals surface area contributed by atoms with Gasteiger partial charge in [-0.1, -0.05) is 30.3 Å². The molecule has 2 aliphatic rings. The quantitative estimate of drug-likeness (QED) is 0.551. The van der Waals surface area contributed by atoms with Crippen molar-refractivity contribution in [2.75, 3.05) is 5.75 Å². The van der Waals surface area contributed by atoms with Crippen LogP contribution < -0.4 is 5.32 Å². The number of hydrogen-bond acceptors (Lipinski definition) is 6. The molecular weight excluding hydrogens is 374 g/mol. The van der Waals surface area contributed by atoms with Crippen molar-refractivity contribution in [2.45, 2.75) is 35.5 Å². The third-order valence-corrected chi connectivity index (χ3v) is 7.21. The summed E-state index contributed by atoms with van der Waals surface area (Å²) in [5.74, 6) is -1.47. The number of fused-ring (bicyclic) bond motifs is 1. The van der Waals surface area contributed by atoms with E-state index in [0.717, 1.165) is 17.3 Å². The van der Waals surface area contributed by atoms with Crippen LogP contribution in [0.3, 0.4) is 0 Å². The van der Waals surface area contributed by atoms with Crippen LogP contribution in [0.5, 0.6) is 0 Å². The number of benzene rings is 1. The average Bonchev–Trinajstić information content (AvgIpc) is 2.89. The van der Waals surface area contributed by atoms with Gasteiger partial charge in [0.25, 0.3) is 0 Å². The van der Waals surface area contributed by atoms with E-state index < -0.39 is 28.2 Å². The molecule has 2 N–H and O–H groups in total. The summed E-state index contributed by atoms with van der Waals surface area (Å²) in [4.78, 5) is 37.7. The van der Waals surface area contributed by atoms with Crippen LogP contribution in [-0.2, 0) is 20.8 Å². The molecule has 0 aliphatic carbocycles. The minimum absolute atomic E-state index is 0.159. The van der Waals surface area contributed by atoms with Crippen molar-refractivity contribution in [3.63, 3.8) is 0 Å². The van der Waals surface area contributed by atoms with E-state index in [9.17, 15) is 19.5 Å². The summed E-state index contributed by atoms with van der Waals surface area (Å²) >= 11 is 2.31. The molecule has 7 nitrogen and oxygen atoms in total. The molecule has 26 heavy (non-hydrogen) atoms. The van der Waals surface area contributed by atoms with Gasteiger partial charge in [0.05, 0.1) is 11.2 Å². The number of β-lactam (4-membered cyclic amide) rings is 1. The second-order valence-electron chi connectivity index (χ2n) is 6.39. The van der Waals surface area contributed by atoms with Gasteiger partial charge in [-0.05, 0) is 24.2 Å². The zero-order valence-corrected chi connectivity index (χ0v) is 15.5. The van der Waals surface area contributed by atoms with E-state index in [1.54, 1.807) is 6.92 Å². The van der Waals surface area contributed by atoms with Crippen LogP contribution >= 0.6 is 23.5 Å². The lowest BCUT2D eigenvalue weighted by Crippen LogP contribution is -2.70. The van der Waals surface area contributed by atoms with Gasteiger partial charge in [-0.15, -0.1) is 11.8 Å². The third-order valence-electron chi connectivity index (χ3n) is 4.51. The number of nitrogens with zero attached hydrogens (tertiary/aromatic N) is 2. The molecule has 1 aromatic rings. The van der Waals surface area contributed by atoms with E-state index in [1.165, 1.54) is 16.7 Å². The Morgan fingerprint density at radius 2 is 2.12 bits per heavy atom. The highest BCUT2D eigenvalue weighted by molar-refractivity contribution is 8.06. The Labute approximate surface area is 159 Å². The van der Waals surface area contributed by atoms with Crippen LogP contribution in [0.2, 0.25) is 0 Å². The molecule has 2 saturated heterocycles. The predicted octanol–water partition coefficient (Wildman–Crippen LogP) is 1.06. The van der Waals surface area contributed by atoms with Crippen LogP contribution in [0.4, 0.5) is 0 Å². The van der Waals surface area contributed by atoms with Gasteiger partial charge >= 0.3 is 5.97 Å². The minimum atomic E-state index is -1.09. The number of rotatable bonds is 6. The number of carboxylic acids is 1. The van der Waals surface area contributed by atoms with Crippen LogP contribution in [0.1, 0.15) is 12.5 Å². The Hall–Kier alpha value is -2.18. The molecular formula is C17H17N3O4S2. The molecule has 0 unspecified atom stereocenters. The maximum absolute atomic E-state index is 12.5. The zero-order chi connectivity index (χ0) is 18.9. The van der Waals surface area contributed by atoms with Crippen molar-refractivity contribution in [1.82, 2.24) is 10.2 Å². The molecule has 4 atom stereocenters. The van der Waals surface area contributed by atoms with Gasteiger partial charge in [0.1, 0.15) is 22.9 Å². The van der Waals surface area contributed by atoms with Gasteiger partial charge in [0, 0.05) is 5.75 Å². The molecule has 0 spiro atoms. The van der Waals surface area contributed by atoms with Crippen LogP contribution in [0, 0.1) is 10.7 Å². The number of aliphatic carboxylic acids is 1. The van der Waals surface area contributed by atoms with Crippen LogP contribution in [0.15, 0.2) is 30.3 Å². The summed E-state index contributed by atoms with van der Waals surface area (Å²) in [6.45, 7) is 1.75. The molecule has 0 aromatic heterocycles. The fourth-order valence-corrected chi connectivity index (χ4v) is 5.84. The Morgan fingerprint density at radius 1 is 1.42 bits per heavy atom. The standard InChI is InChI=1S/C17H17N3O4S2/c1-17(8-25-9-18)13(16(23)24)20-14(22)12(15(20)26-17)19-11(21)7-10-5-3-2-4-6-10/h2-6,12-13,15H,7-8H2,1H3,(H,19,21)(H,23,24)/t12-,13+,15-,17-/m1/s1. The lowest BCUT2D eigenvalue weighted by Gasteiger charge is -2.43. The third kappa shape index (κ3) is 3.27. The molecule has 9 heteroatoms. The summed E-state index contributed by atoms with van der Waals surface area (Å²) in [6.07, 6.45) is 0.159. The molecule has 2 fully saturated rings. The second kappa shape index (κ2) is 7.21.